The Morgan fingerprint density at radius 2 is 2.25 bits per heavy atom. The van der Waals surface area contributed by atoms with Crippen LogP contribution < -0.4 is 0 Å². The van der Waals surface area contributed by atoms with E-state index in [0.717, 1.165) is 31.4 Å². The van der Waals surface area contributed by atoms with E-state index < -0.39 is 0 Å². The van der Waals surface area contributed by atoms with Gasteiger partial charge in [0.15, 0.2) is 6.29 Å². The Hall–Kier alpha value is -1.19. The summed E-state index contributed by atoms with van der Waals surface area (Å²) < 4.78 is 1.77. The van der Waals surface area contributed by atoms with Crippen molar-refractivity contribution in [1.29, 1.82) is 0 Å². The van der Waals surface area contributed by atoms with Gasteiger partial charge in [-0.1, -0.05) is 18.6 Å². The molecule has 0 atom stereocenters. The molecular weight excluding hydrogens is 154 g/mol. The fourth-order valence-corrected chi connectivity index (χ4v) is 1.19. The van der Waals surface area contributed by atoms with Crippen LogP contribution in [0.25, 0.3) is 0 Å². The molecule has 0 aliphatic carbocycles. The summed E-state index contributed by atoms with van der Waals surface area (Å²) in [5.41, 5.74) is 1.44. The van der Waals surface area contributed by atoms with Gasteiger partial charge in [0.05, 0.1) is 5.69 Å². The first-order chi connectivity index (χ1) is 5.83. The second-order valence-electron chi connectivity index (χ2n) is 2.60. The van der Waals surface area contributed by atoms with Crippen molar-refractivity contribution in [2.45, 2.75) is 33.2 Å². The molecule has 0 saturated heterocycles. The fraction of sp³-hybridized carbons (Fsp3) is 0.625. The Bertz CT molecular complexity index is 267. The van der Waals surface area contributed by atoms with Gasteiger partial charge in [0, 0.05) is 6.54 Å². The predicted molar refractivity (Wildman–Crippen MR) is 45.1 cm³/mol. The maximum Gasteiger partial charge on any atom is 0.172 e. The zero-order valence-corrected chi connectivity index (χ0v) is 7.45. The molecule has 1 heterocycles. The van der Waals surface area contributed by atoms with E-state index in [9.17, 15) is 4.79 Å². The highest BCUT2D eigenvalue weighted by atomic mass is 16.1. The maximum absolute atomic E-state index is 10.5. The molecule has 66 valence electrons. The van der Waals surface area contributed by atoms with Crippen LogP contribution in [0.4, 0.5) is 0 Å². The van der Waals surface area contributed by atoms with Crippen LogP contribution in [0.2, 0.25) is 0 Å². The fourth-order valence-electron chi connectivity index (χ4n) is 1.19. The number of carbonyl (C=O) groups excluding carboxylic acids is 1. The zero-order valence-electron chi connectivity index (χ0n) is 7.45. The van der Waals surface area contributed by atoms with Gasteiger partial charge < -0.3 is 0 Å². The Kier molecular flexibility index (Phi) is 2.96. The van der Waals surface area contributed by atoms with Crippen molar-refractivity contribution in [3.63, 3.8) is 0 Å². The topological polar surface area (TPSA) is 47.8 Å². The predicted octanol–water partition coefficient (Wildman–Crippen LogP) is 1.06. The molecule has 4 nitrogen and oxygen atoms in total. The minimum Gasteiger partial charge on any atom is -0.296 e. The highest BCUT2D eigenvalue weighted by Gasteiger charge is 2.08. The van der Waals surface area contributed by atoms with E-state index in [1.54, 1.807) is 4.68 Å². The number of hydrogen-bond donors (Lipinski definition) is 0. The van der Waals surface area contributed by atoms with Crippen molar-refractivity contribution >= 4 is 6.29 Å². The van der Waals surface area contributed by atoms with Crippen LogP contribution in [0.15, 0.2) is 0 Å². The molecule has 0 aliphatic heterocycles. The zero-order chi connectivity index (χ0) is 8.97. The lowest BCUT2D eigenvalue weighted by atomic mass is 10.2. The number of aromatic nitrogens is 3. The highest BCUT2D eigenvalue weighted by Crippen LogP contribution is 2.05. The van der Waals surface area contributed by atoms with E-state index in [1.807, 2.05) is 6.92 Å². The molecule has 12 heavy (non-hydrogen) atoms. The molecule has 0 bridgehead atoms. The number of rotatable bonds is 4. The molecule has 0 aliphatic rings. The molecule has 1 aromatic heterocycles. The van der Waals surface area contributed by atoms with Gasteiger partial charge in [-0.2, -0.15) is 0 Å². The van der Waals surface area contributed by atoms with Crippen molar-refractivity contribution < 1.29 is 4.79 Å². The summed E-state index contributed by atoms with van der Waals surface area (Å²) in [5.74, 6) is 0. The minimum absolute atomic E-state index is 0.485. The molecule has 0 spiro atoms. The number of nitrogens with zero attached hydrogens (tertiary/aromatic N) is 3. The normalized spacial score (nSPS) is 10.2. The molecule has 0 unspecified atom stereocenters. The first kappa shape index (κ1) is 8.90. The number of aldehydes is 1. The lowest BCUT2D eigenvalue weighted by molar-refractivity contribution is 0.111. The maximum atomic E-state index is 10.5. The number of carbonyl (C=O) groups is 1. The van der Waals surface area contributed by atoms with Crippen LogP contribution in [-0.2, 0) is 13.0 Å². The third-order valence-corrected chi connectivity index (χ3v) is 1.77. The molecule has 0 aromatic carbocycles. The van der Waals surface area contributed by atoms with E-state index >= 15 is 0 Å². The Labute approximate surface area is 71.6 Å². The first-order valence-electron chi connectivity index (χ1n) is 4.21. The Balaban J connectivity index is 2.98. The van der Waals surface area contributed by atoms with Crippen molar-refractivity contribution in [2.24, 2.45) is 0 Å². The smallest absolute Gasteiger partial charge is 0.172 e. The summed E-state index contributed by atoms with van der Waals surface area (Å²) in [4.78, 5) is 10.5. The van der Waals surface area contributed by atoms with Crippen LogP contribution in [0.3, 0.4) is 0 Å². The van der Waals surface area contributed by atoms with Gasteiger partial charge in [-0.25, -0.2) is 4.68 Å². The average Bonchev–Trinajstić information content (AvgIpc) is 2.48. The molecular formula is C8H13N3O. The minimum atomic E-state index is 0.485. The molecule has 4 heteroatoms. The van der Waals surface area contributed by atoms with Crippen LogP contribution in [0.5, 0.6) is 0 Å². The van der Waals surface area contributed by atoms with Gasteiger partial charge in [0.1, 0.15) is 5.69 Å². The second kappa shape index (κ2) is 3.99. The van der Waals surface area contributed by atoms with Crippen LogP contribution in [-0.4, -0.2) is 21.3 Å². The standard InChI is InChI=1S/C8H13N3O/c1-3-5-8-7(6-12)9-10-11(8)4-2/h6H,3-5H2,1-2H3. The quantitative estimate of drug-likeness (QED) is 0.630. The van der Waals surface area contributed by atoms with Gasteiger partial charge >= 0.3 is 0 Å². The average molecular weight is 167 g/mol. The largest absolute Gasteiger partial charge is 0.296 e. The third-order valence-electron chi connectivity index (χ3n) is 1.77. The highest BCUT2D eigenvalue weighted by molar-refractivity contribution is 5.73. The van der Waals surface area contributed by atoms with Crippen molar-refractivity contribution in [2.75, 3.05) is 0 Å². The lowest BCUT2D eigenvalue weighted by Gasteiger charge is -2.00. The van der Waals surface area contributed by atoms with Gasteiger partial charge in [-0.3, -0.25) is 4.79 Å². The van der Waals surface area contributed by atoms with E-state index in [-0.39, 0.29) is 0 Å². The summed E-state index contributed by atoms with van der Waals surface area (Å²) in [6.45, 7) is 4.83. The molecule has 0 saturated carbocycles. The lowest BCUT2D eigenvalue weighted by Crippen LogP contribution is -2.03. The van der Waals surface area contributed by atoms with Crippen molar-refractivity contribution in [3.05, 3.63) is 11.4 Å². The van der Waals surface area contributed by atoms with E-state index in [2.05, 4.69) is 17.2 Å². The van der Waals surface area contributed by atoms with Crippen molar-refractivity contribution in [3.8, 4) is 0 Å². The van der Waals surface area contributed by atoms with E-state index in [1.165, 1.54) is 0 Å². The Morgan fingerprint density at radius 3 is 2.75 bits per heavy atom. The number of aryl methyl sites for hydroxylation is 1. The van der Waals surface area contributed by atoms with Gasteiger partial charge in [0.2, 0.25) is 0 Å². The molecule has 0 amide bonds. The summed E-state index contributed by atoms with van der Waals surface area (Å²) in [6.07, 6.45) is 2.65. The molecule has 0 radical (unpaired) electrons. The summed E-state index contributed by atoms with van der Waals surface area (Å²) in [7, 11) is 0. The Morgan fingerprint density at radius 1 is 1.50 bits per heavy atom. The molecule has 0 N–H and O–H groups in total. The second-order valence-corrected chi connectivity index (χ2v) is 2.60. The third kappa shape index (κ3) is 1.52. The van der Waals surface area contributed by atoms with Crippen LogP contribution >= 0.6 is 0 Å². The van der Waals surface area contributed by atoms with E-state index in [0.29, 0.717) is 5.69 Å². The number of hydrogen-bond acceptors (Lipinski definition) is 3. The van der Waals surface area contributed by atoms with Crippen LogP contribution in [0, 0.1) is 0 Å². The van der Waals surface area contributed by atoms with Gasteiger partial charge in [0.25, 0.3) is 0 Å². The van der Waals surface area contributed by atoms with Gasteiger partial charge in [-0.15, -0.1) is 5.10 Å². The van der Waals surface area contributed by atoms with Crippen LogP contribution in [0.1, 0.15) is 36.5 Å². The summed E-state index contributed by atoms with van der Waals surface area (Å²) in [6, 6.07) is 0. The monoisotopic (exact) mass is 167 g/mol. The van der Waals surface area contributed by atoms with Gasteiger partial charge in [-0.05, 0) is 13.3 Å². The summed E-state index contributed by atoms with van der Waals surface area (Å²) in [5, 5.41) is 7.63. The van der Waals surface area contributed by atoms with Crippen molar-refractivity contribution in [1.82, 2.24) is 15.0 Å². The molecule has 0 fully saturated rings. The first-order valence-corrected chi connectivity index (χ1v) is 4.21. The summed E-state index contributed by atoms with van der Waals surface area (Å²) >= 11 is 0. The molecule has 1 rings (SSSR count). The SMILES string of the molecule is CCCc1c(C=O)nnn1CC. The van der Waals surface area contributed by atoms with E-state index in [4.69, 9.17) is 0 Å². The molecule has 1 aromatic rings.